The monoisotopic (exact) mass is 628 g/mol. The van der Waals surface area contributed by atoms with E-state index in [1.807, 2.05) is 86.2 Å². The summed E-state index contributed by atoms with van der Waals surface area (Å²) in [4.78, 5) is 5.64. The van der Waals surface area contributed by atoms with Crippen molar-refractivity contribution < 1.29 is 9.68 Å². The molecule has 0 unspecified atom stereocenters. The predicted molar refractivity (Wildman–Crippen MR) is 194 cm³/mol. The van der Waals surface area contributed by atoms with E-state index in [4.69, 9.17) is 29.5 Å². The van der Waals surface area contributed by atoms with E-state index >= 15 is 5.11 Å². The first-order chi connectivity index (χ1) is 23.0. The van der Waals surface area contributed by atoms with Gasteiger partial charge in [0.05, 0.1) is 29.5 Å². The summed E-state index contributed by atoms with van der Waals surface area (Å²) in [5.74, 6) is -0.361. The van der Waals surface area contributed by atoms with E-state index in [2.05, 4.69) is 10.9 Å². The van der Waals surface area contributed by atoms with Gasteiger partial charge in [-0.2, -0.15) is 0 Å². The van der Waals surface area contributed by atoms with Gasteiger partial charge in [0.1, 0.15) is 14.1 Å². The van der Waals surface area contributed by atoms with Gasteiger partial charge in [0.15, 0.2) is 0 Å². The molecule has 2 aliphatic rings. The van der Waals surface area contributed by atoms with E-state index in [-0.39, 0.29) is 28.2 Å². The first-order valence-corrected chi connectivity index (χ1v) is 15.2. The number of fused-ring (bicyclic) bond motifs is 4. The number of nitrogens with two attached hydrogens (primary N) is 4. The van der Waals surface area contributed by atoms with Gasteiger partial charge >= 0.3 is 0 Å². The van der Waals surface area contributed by atoms with E-state index in [0.717, 1.165) is 33.3 Å². The topological polar surface area (TPSA) is 162 Å². The average molecular weight is 629 g/mol. The molecule has 48 heavy (non-hydrogen) atoms. The Morgan fingerprint density at radius 3 is 1.65 bits per heavy atom. The van der Waals surface area contributed by atoms with Crippen molar-refractivity contribution in [1.82, 2.24) is 0 Å². The molecule has 5 aromatic carbocycles. The predicted octanol–water partition coefficient (Wildman–Crippen LogP) is 5.09. The van der Waals surface area contributed by atoms with Gasteiger partial charge in [0.25, 0.3) is 5.70 Å². The van der Waals surface area contributed by atoms with E-state index in [0.29, 0.717) is 55.8 Å². The maximum absolute atomic E-state index is 15.1. The number of allylic oxidation sites excluding steroid dienone is 3. The van der Waals surface area contributed by atoms with Crippen LogP contribution in [-0.4, -0.2) is 38.5 Å². The smallest absolute Gasteiger partial charge is 0.270 e. The molecule has 0 saturated carbocycles. The highest BCUT2D eigenvalue weighted by atomic mass is 16.3. The maximum Gasteiger partial charge on any atom is 0.270 e. The number of nitriles is 1. The number of nitrogen functional groups attached to an aromatic ring is 4. The highest BCUT2D eigenvalue weighted by Gasteiger charge is 2.40. The molecule has 0 atom stereocenters. The van der Waals surface area contributed by atoms with Crippen molar-refractivity contribution in [3.63, 3.8) is 0 Å². The van der Waals surface area contributed by atoms with Gasteiger partial charge in [-0.15, -0.1) is 0 Å². The third-order valence-corrected chi connectivity index (χ3v) is 9.21. The van der Waals surface area contributed by atoms with Crippen LogP contribution in [0, 0.1) is 17.9 Å². The second kappa shape index (κ2) is 10.7. The third-order valence-electron chi connectivity index (χ3n) is 9.21. The minimum Gasteiger partial charge on any atom is -0.872 e. The summed E-state index contributed by atoms with van der Waals surface area (Å²) >= 11 is 0. The summed E-state index contributed by atoms with van der Waals surface area (Å²) in [6.07, 6.45) is 0. The summed E-state index contributed by atoms with van der Waals surface area (Å²) in [6, 6.07) is 24.4. The molecule has 9 heteroatoms. The lowest BCUT2D eigenvalue weighted by atomic mass is 9.68. The third kappa shape index (κ3) is 3.92. The molecule has 8 N–H and O–H groups in total. The van der Waals surface area contributed by atoms with Gasteiger partial charge in [-0.3, -0.25) is 0 Å². The standard InChI is InChI=1S/C39H32N8O/c1-45-27(18-40)32-35(33-28-19(10-6-14-23(28)41)37(46(2)3)20-11-7-15-24(42)29(20)33)39(48)36(32)34-30-21(12-8-16-25(30)43)38(47(4)5)22-13-9-17-26(44)31(22)34/h6-17H,41-44H2,2-5H3. The SMILES string of the molecule is [C-]#[N+]/C(C#N)=C1\C(=C2c3c(N)cccc3C(=[N+](C)C)c3cccc(N)c32)C([O-])=C1c1c2c(N)cccc2c(N(C)C)c2cccc(N)c12. The fraction of sp³-hybridized carbons (Fsp3) is 0.103. The van der Waals surface area contributed by atoms with Gasteiger partial charge in [-0.05, 0) is 47.5 Å². The molecule has 0 aromatic heterocycles. The first-order valence-electron chi connectivity index (χ1n) is 15.2. The van der Waals surface area contributed by atoms with Gasteiger partial charge in [-0.25, -0.2) is 14.7 Å². The number of benzene rings is 5. The number of rotatable bonds is 2. The van der Waals surface area contributed by atoms with Crippen molar-refractivity contribution in [2.75, 3.05) is 56.0 Å². The zero-order valence-corrected chi connectivity index (χ0v) is 26.9. The minimum absolute atomic E-state index is 0.204. The highest BCUT2D eigenvalue weighted by molar-refractivity contribution is 6.28. The lowest BCUT2D eigenvalue weighted by Crippen LogP contribution is -2.29. The number of nitrogens with zero attached hydrogens (tertiary/aromatic N) is 4. The summed E-state index contributed by atoms with van der Waals surface area (Å²) < 4.78 is 1.99. The minimum atomic E-state index is -0.361. The van der Waals surface area contributed by atoms with Gasteiger partial charge in [0.2, 0.25) is 5.71 Å². The quantitative estimate of drug-likeness (QED) is 0.0682. The fourth-order valence-electron chi connectivity index (χ4n) is 7.46. The van der Waals surface area contributed by atoms with Crippen LogP contribution < -0.4 is 32.9 Å². The molecule has 9 nitrogen and oxygen atoms in total. The molecule has 0 spiro atoms. The van der Waals surface area contributed by atoms with E-state index in [1.165, 1.54) is 0 Å². The Hall–Kier alpha value is -6.71. The Kier molecular flexibility index (Phi) is 6.67. The van der Waals surface area contributed by atoms with Gasteiger partial charge in [-0.1, -0.05) is 42.2 Å². The zero-order chi connectivity index (χ0) is 34.2. The van der Waals surface area contributed by atoms with Crippen molar-refractivity contribution in [1.29, 1.82) is 5.26 Å². The van der Waals surface area contributed by atoms with Crippen LogP contribution in [0.25, 0.3) is 37.5 Å². The molecule has 0 aliphatic heterocycles. The number of anilines is 5. The number of hydrogen-bond donors (Lipinski definition) is 4. The molecule has 0 bridgehead atoms. The second-order valence-corrected chi connectivity index (χ2v) is 12.3. The Labute approximate surface area is 278 Å². The second-order valence-electron chi connectivity index (χ2n) is 12.3. The molecular formula is C39H32N8O. The zero-order valence-electron chi connectivity index (χ0n) is 26.9. The molecular weight excluding hydrogens is 596 g/mol. The van der Waals surface area contributed by atoms with Crippen LogP contribution >= 0.6 is 0 Å². The van der Waals surface area contributed by atoms with Crippen LogP contribution in [0.15, 0.2) is 95.4 Å². The molecule has 0 heterocycles. The van der Waals surface area contributed by atoms with E-state index in [9.17, 15) is 5.26 Å². The van der Waals surface area contributed by atoms with Crippen molar-refractivity contribution >= 4 is 66.8 Å². The Balaban J connectivity index is 1.75. The van der Waals surface area contributed by atoms with E-state index in [1.54, 1.807) is 24.3 Å². The molecule has 7 rings (SSSR count). The fourth-order valence-corrected chi connectivity index (χ4v) is 7.46. The summed E-state index contributed by atoms with van der Waals surface area (Å²) in [6.45, 7) is 8.09. The van der Waals surface area contributed by atoms with Crippen LogP contribution in [0.1, 0.15) is 27.8 Å². The lowest BCUT2D eigenvalue weighted by Gasteiger charge is -2.41. The first kappa shape index (κ1) is 30.0. The van der Waals surface area contributed by atoms with Crippen LogP contribution in [0.5, 0.6) is 0 Å². The summed E-state index contributed by atoms with van der Waals surface area (Å²) in [5, 5.41) is 28.3. The normalized spacial score (nSPS) is 14.7. The summed E-state index contributed by atoms with van der Waals surface area (Å²) in [7, 11) is 7.76. The largest absolute Gasteiger partial charge is 0.872 e. The van der Waals surface area contributed by atoms with Gasteiger partial charge in [0, 0.05) is 86.2 Å². The van der Waals surface area contributed by atoms with E-state index < -0.39 is 0 Å². The van der Waals surface area contributed by atoms with Crippen LogP contribution in [0.2, 0.25) is 0 Å². The molecule has 0 saturated heterocycles. The Bertz CT molecular complexity index is 2380. The van der Waals surface area contributed by atoms with Crippen LogP contribution in [-0.2, 0) is 0 Å². The van der Waals surface area contributed by atoms with Crippen molar-refractivity contribution in [2.24, 2.45) is 0 Å². The lowest BCUT2D eigenvalue weighted by molar-refractivity contribution is -0.463. The van der Waals surface area contributed by atoms with Crippen molar-refractivity contribution in [2.45, 2.75) is 0 Å². The van der Waals surface area contributed by atoms with Crippen LogP contribution in [0.3, 0.4) is 0 Å². The molecule has 234 valence electrons. The van der Waals surface area contributed by atoms with Gasteiger partial charge < -0.3 is 32.9 Å². The molecule has 5 aromatic rings. The van der Waals surface area contributed by atoms with Crippen molar-refractivity contribution in [3.05, 3.63) is 135 Å². The highest BCUT2D eigenvalue weighted by Crippen LogP contribution is 2.57. The molecule has 0 amide bonds. The van der Waals surface area contributed by atoms with Crippen molar-refractivity contribution in [3.8, 4) is 6.07 Å². The van der Waals surface area contributed by atoms with Crippen LogP contribution in [0.4, 0.5) is 28.4 Å². The summed E-state index contributed by atoms with van der Waals surface area (Å²) in [5.41, 5.74) is 34.6. The average Bonchev–Trinajstić information content (AvgIpc) is 3.04. The Morgan fingerprint density at radius 1 is 0.729 bits per heavy atom. The molecule has 0 fully saturated rings. The molecule has 0 radical (unpaired) electrons. The maximum atomic E-state index is 15.1. The Morgan fingerprint density at radius 2 is 1.21 bits per heavy atom. The molecule has 2 aliphatic carbocycles. The number of hydrogen-bond acceptors (Lipinski definition) is 7.